The van der Waals surface area contributed by atoms with Crippen LogP contribution in [-0.4, -0.2) is 14.1 Å². The Morgan fingerprint density at radius 1 is 1.05 bits per heavy atom. The highest BCUT2D eigenvalue weighted by Crippen LogP contribution is 2.29. The quantitative estimate of drug-likeness (QED) is 0.864. The molecule has 0 amide bonds. The Morgan fingerprint density at radius 3 is 2.30 bits per heavy atom. The van der Waals surface area contributed by atoms with Gasteiger partial charge in [0.1, 0.15) is 5.82 Å². The average molecular weight is 272 g/mol. The van der Waals surface area contributed by atoms with Gasteiger partial charge in [-0.1, -0.05) is 31.2 Å². The summed E-state index contributed by atoms with van der Waals surface area (Å²) in [4.78, 5) is 2.08. The summed E-state index contributed by atoms with van der Waals surface area (Å²) in [5.41, 5.74) is 3.34. The van der Waals surface area contributed by atoms with E-state index in [1.165, 1.54) is 12.1 Å². The molecule has 1 unspecified atom stereocenters. The largest absolute Gasteiger partial charge is 0.377 e. The second-order valence-corrected chi connectivity index (χ2v) is 5.07. The lowest BCUT2D eigenvalue weighted by molar-refractivity contribution is 0.625. The number of halogens is 1. The molecule has 2 aromatic carbocycles. The van der Waals surface area contributed by atoms with Crippen LogP contribution in [0.1, 0.15) is 24.9 Å². The van der Waals surface area contributed by atoms with Crippen molar-refractivity contribution in [1.82, 2.24) is 0 Å². The second kappa shape index (κ2) is 6.42. The van der Waals surface area contributed by atoms with Crippen LogP contribution >= 0.6 is 0 Å². The first-order valence-electron chi connectivity index (χ1n) is 6.90. The van der Waals surface area contributed by atoms with E-state index in [4.69, 9.17) is 0 Å². The van der Waals surface area contributed by atoms with E-state index in [9.17, 15) is 4.39 Å². The molecule has 0 aliphatic heterocycles. The van der Waals surface area contributed by atoms with Crippen LogP contribution in [-0.2, 0) is 0 Å². The lowest BCUT2D eigenvalue weighted by atomic mass is 10.0. The van der Waals surface area contributed by atoms with Crippen LogP contribution in [0.2, 0.25) is 0 Å². The first kappa shape index (κ1) is 14.4. The maximum atomic E-state index is 13.0. The molecular formula is C17H21FN2. The predicted octanol–water partition coefficient (Wildman–Crippen LogP) is 4.45. The smallest absolute Gasteiger partial charge is 0.123 e. The third-order valence-corrected chi connectivity index (χ3v) is 3.40. The highest BCUT2D eigenvalue weighted by atomic mass is 19.1. The average Bonchev–Trinajstić information content (AvgIpc) is 2.46. The molecule has 0 aromatic heterocycles. The van der Waals surface area contributed by atoms with Gasteiger partial charge in [-0.05, 0) is 36.2 Å². The third kappa shape index (κ3) is 3.29. The van der Waals surface area contributed by atoms with Gasteiger partial charge in [-0.15, -0.1) is 0 Å². The van der Waals surface area contributed by atoms with Gasteiger partial charge >= 0.3 is 0 Å². The summed E-state index contributed by atoms with van der Waals surface area (Å²) in [6.45, 7) is 2.12. The van der Waals surface area contributed by atoms with Crippen LogP contribution in [0, 0.1) is 5.82 Å². The normalized spacial score (nSPS) is 12.0. The van der Waals surface area contributed by atoms with Crippen molar-refractivity contribution < 1.29 is 4.39 Å². The van der Waals surface area contributed by atoms with E-state index >= 15 is 0 Å². The standard InChI is InChI=1S/C17H21FN2/c1-4-15(13-9-11-14(18)12-10-13)19-16-7-5-6-8-17(16)20(2)3/h5-12,15,19H,4H2,1-3H3. The summed E-state index contributed by atoms with van der Waals surface area (Å²) in [6, 6.07) is 15.1. The minimum absolute atomic E-state index is 0.178. The van der Waals surface area contributed by atoms with Crippen LogP contribution in [0.25, 0.3) is 0 Å². The van der Waals surface area contributed by atoms with Gasteiger partial charge < -0.3 is 10.2 Å². The van der Waals surface area contributed by atoms with E-state index in [0.29, 0.717) is 0 Å². The van der Waals surface area contributed by atoms with Gasteiger partial charge in [0.2, 0.25) is 0 Å². The van der Waals surface area contributed by atoms with Crippen molar-refractivity contribution in [3.63, 3.8) is 0 Å². The number of nitrogens with zero attached hydrogens (tertiary/aromatic N) is 1. The fourth-order valence-electron chi connectivity index (χ4n) is 2.29. The van der Waals surface area contributed by atoms with Gasteiger partial charge in [-0.3, -0.25) is 0 Å². The zero-order valence-electron chi connectivity index (χ0n) is 12.2. The summed E-state index contributed by atoms with van der Waals surface area (Å²) in [5, 5.41) is 3.55. The maximum Gasteiger partial charge on any atom is 0.123 e. The van der Waals surface area contributed by atoms with Crippen LogP contribution < -0.4 is 10.2 Å². The minimum atomic E-state index is -0.197. The fraction of sp³-hybridized carbons (Fsp3) is 0.294. The zero-order chi connectivity index (χ0) is 14.5. The zero-order valence-corrected chi connectivity index (χ0v) is 12.2. The summed E-state index contributed by atoms with van der Waals surface area (Å²) in [6.07, 6.45) is 0.938. The van der Waals surface area contributed by atoms with E-state index in [1.807, 2.05) is 38.4 Å². The Morgan fingerprint density at radius 2 is 1.70 bits per heavy atom. The maximum absolute atomic E-state index is 13.0. The topological polar surface area (TPSA) is 15.3 Å². The number of para-hydroxylation sites is 2. The highest BCUT2D eigenvalue weighted by Gasteiger charge is 2.12. The van der Waals surface area contributed by atoms with Gasteiger partial charge in [0.15, 0.2) is 0 Å². The summed E-state index contributed by atoms with van der Waals surface area (Å²) in [5.74, 6) is -0.197. The number of anilines is 2. The molecular weight excluding hydrogens is 251 g/mol. The molecule has 0 saturated carbocycles. The Kier molecular flexibility index (Phi) is 4.61. The van der Waals surface area contributed by atoms with Crippen molar-refractivity contribution in [2.45, 2.75) is 19.4 Å². The summed E-state index contributed by atoms with van der Waals surface area (Å²) in [7, 11) is 4.05. The van der Waals surface area contributed by atoms with Crippen LogP contribution in [0.15, 0.2) is 48.5 Å². The molecule has 0 fully saturated rings. The van der Waals surface area contributed by atoms with Gasteiger partial charge in [0.05, 0.1) is 17.4 Å². The van der Waals surface area contributed by atoms with Crippen LogP contribution in [0.4, 0.5) is 15.8 Å². The number of nitrogens with one attached hydrogen (secondary N) is 1. The number of benzene rings is 2. The minimum Gasteiger partial charge on any atom is -0.377 e. The molecule has 2 aromatic rings. The predicted molar refractivity (Wildman–Crippen MR) is 83.8 cm³/mol. The third-order valence-electron chi connectivity index (χ3n) is 3.40. The monoisotopic (exact) mass is 272 g/mol. The van der Waals surface area contributed by atoms with Gasteiger partial charge in [-0.2, -0.15) is 0 Å². The number of hydrogen-bond acceptors (Lipinski definition) is 2. The van der Waals surface area contributed by atoms with Crippen molar-refractivity contribution in [2.75, 3.05) is 24.3 Å². The molecule has 0 aliphatic carbocycles. The molecule has 0 bridgehead atoms. The molecule has 20 heavy (non-hydrogen) atoms. The molecule has 2 nitrogen and oxygen atoms in total. The van der Waals surface area contributed by atoms with E-state index in [0.717, 1.165) is 23.4 Å². The van der Waals surface area contributed by atoms with Crippen molar-refractivity contribution in [3.8, 4) is 0 Å². The first-order chi connectivity index (χ1) is 9.61. The van der Waals surface area contributed by atoms with E-state index < -0.39 is 0 Å². The Hall–Kier alpha value is -2.03. The van der Waals surface area contributed by atoms with Gasteiger partial charge in [0.25, 0.3) is 0 Å². The van der Waals surface area contributed by atoms with E-state index in [1.54, 1.807) is 0 Å². The molecule has 0 radical (unpaired) electrons. The molecule has 106 valence electrons. The van der Waals surface area contributed by atoms with Crippen LogP contribution in [0.5, 0.6) is 0 Å². The van der Waals surface area contributed by atoms with Crippen molar-refractivity contribution >= 4 is 11.4 Å². The van der Waals surface area contributed by atoms with E-state index in [2.05, 4.69) is 29.3 Å². The highest BCUT2D eigenvalue weighted by molar-refractivity contribution is 5.69. The summed E-state index contributed by atoms with van der Waals surface area (Å²) >= 11 is 0. The lowest BCUT2D eigenvalue weighted by Crippen LogP contribution is -2.15. The van der Waals surface area contributed by atoms with Crippen molar-refractivity contribution in [2.24, 2.45) is 0 Å². The Labute approximate surface area is 120 Å². The number of hydrogen-bond donors (Lipinski definition) is 1. The Bertz CT molecular complexity index is 549. The second-order valence-electron chi connectivity index (χ2n) is 5.07. The fourth-order valence-corrected chi connectivity index (χ4v) is 2.29. The first-order valence-corrected chi connectivity index (χ1v) is 6.90. The van der Waals surface area contributed by atoms with E-state index in [-0.39, 0.29) is 11.9 Å². The summed E-state index contributed by atoms with van der Waals surface area (Å²) < 4.78 is 13.0. The van der Waals surface area contributed by atoms with Crippen LogP contribution in [0.3, 0.4) is 0 Å². The molecule has 2 rings (SSSR count). The molecule has 3 heteroatoms. The molecule has 0 aliphatic rings. The molecule has 1 N–H and O–H groups in total. The van der Waals surface area contributed by atoms with Gasteiger partial charge in [-0.25, -0.2) is 4.39 Å². The SMILES string of the molecule is CCC(Nc1ccccc1N(C)C)c1ccc(F)cc1. The molecule has 0 heterocycles. The molecule has 1 atom stereocenters. The molecule has 0 spiro atoms. The van der Waals surface area contributed by atoms with Crippen molar-refractivity contribution in [3.05, 3.63) is 59.9 Å². The lowest BCUT2D eigenvalue weighted by Gasteiger charge is -2.23. The van der Waals surface area contributed by atoms with Gasteiger partial charge in [0, 0.05) is 14.1 Å². The Balaban J connectivity index is 2.24. The number of rotatable bonds is 5. The molecule has 0 saturated heterocycles. The van der Waals surface area contributed by atoms with Crippen molar-refractivity contribution in [1.29, 1.82) is 0 Å².